The fraction of sp³-hybridized carbons (Fsp3) is 0.824. The quantitative estimate of drug-likeness (QED) is 0.735. The van der Waals surface area contributed by atoms with Gasteiger partial charge in [-0.3, -0.25) is 19.3 Å². The molecule has 0 bridgehead atoms. The Kier molecular flexibility index (Phi) is 6.57. The summed E-state index contributed by atoms with van der Waals surface area (Å²) in [5.74, 6) is 0.188. The highest BCUT2D eigenvalue weighted by atomic mass is 16.2. The van der Waals surface area contributed by atoms with E-state index in [0.29, 0.717) is 5.92 Å². The Hall–Kier alpha value is -1.39. The number of carbonyl (C=O) groups excluding carboxylic acids is 3. The second-order valence-corrected chi connectivity index (χ2v) is 7.65. The van der Waals surface area contributed by atoms with Gasteiger partial charge in [0.25, 0.3) is 0 Å². The van der Waals surface area contributed by atoms with Gasteiger partial charge in [0.05, 0.1) is 0 Å². The number of imide groups is 1. The lowest BCUT2D eigenvalue weighted by Crippen LogP contribution is -2.45. The van der Waals surface area contributed by atoms with Gasteiger partial charge in [-0.1, -0.05) is 34.6 Å². The molecule has 1 heterocycles. The molecule has 0 aliphatic carbocycles. The first-order valence-electron chi connectivity index (χ1n) is 8.24. The number of amides is 3. The van der Waals surface area contributed by atoms with E-state index in [2.05, 4.69) is 39.9 Å². The average molecular weight is 310 g/mol. The van der Waals surface area contributed by atoms with Crippen molar-refractivity contribution in [2.75, 3.05) is 6.54 Å². The molecule has 22 heavy (non-hydrogen) atoms. The van der Waals surface area contributed by atoms with Gasteiger partial charge < -0.3 is 5.32 Å². The van der Waals surface area contributed by atoms with E-state index in [9.17, 15) is 14.4 Å². The Morgan fingerprint density at radius 3 is 2.14 bits per heavy atom. The minimum absolute atomic E-state index is 0.0101. The van der Waals surface area contributed by atoms with Gasteiger partial charge >= 0.3 is 0 Å². The van der Waals surface area contributed by atoms with Crippen molar-refractivity contribution in [3.63, 3.8) is 0 Å². The van der Waals surface area contributed by atoms with E-state index in [1.54, 1.807) is 0 Å². The Bertz CT molecular complexity index is 408. The van der Waals surface area contributed by atoms with Gasteiger partial charge in [0, 0.05) is 31.8 Å². The van der Waals surface area contributed by atoms with E-state index in [4.69, 9.17) is 0 Å². The van der Waals surface area contributed by atoms with Crippen molar-refractivity contribution in [2.24, 2.45) is 11.3 Å². The molecule has 1 fully saturated rings. The summed E-state index contributed by atoms with van der Waals surface area (Å²) in [5.41, 5.74) is -0.0101. The Balaban J connectivity index is 2.49. The van der Waals surface area contributed by atoms with Crippen LogP contribution in [0.1, 0.15) is 66.7 Å². The van der Waals surface area contributed by atoms with E-state index >= 15 is 0 Å². The van der Waals surface area contributed by atoms with Crippen molar-refractivity contribution in [1.29, 1.82) is 0 Å². The van der Waals surface area contributed by atoms with E-state index in [1.807, 2.05) is 0 Å². The second-order valence-electron chi connectivity index (χ2n) is 7.65. The molecule has 5 nitrogen and oxygen atoms in total. The molecule has 1 aliphatic heterocycles. The van der Waals surface area contributed by atoms with Crippen LogP contribution >= 0.6 is 0 Å². The highest BCUT2D eigenvalue weighted by Crippen LogP contribution is 2.24. The Morgan fingerprint density at radius 1 is 1.14 bits per heavy atom. The van der Waals surface area contributed by atoms with Crippen molar-refractivity contribution < 1.29 is 14.4 Å². The normalized spacial score (nSPS) is 17.3. The average Bonchev–Trinajstić information content (AvgIpc) is 2.70. The first-order chi connectivity index (χ1) is 10.1. The second kappa shape index (κ2) is 7.75. The Morgan fingerprint density at radius 2 is 1.68 bits per heavy atom. The number of carbonyl (C=O) groups is 3. The largest absolute Gasteiger partial charge is 0.353 e. The lowest BCUT2D eigenvalue weighted by atomic mass is 9.82. The van der Waals surface area contributed by atoms with Crippen molar-refractivity contribution >= 4 is 17.7 Å². The number of nitrogens with one attached hydrogen (secondary N) is 1. The molecule has 0 aromatic carbocycles. The highest BCUT2D eigenvalue weighted by Gasteiger charge is 2.30. The van der Waals surface area contributed by atoms with Crippen molar-refractivity contribution in [3.05, 3.63) is 0 Å². The summed E-state index contributed by atoms with van der Waals surface area (Å²) in [6.07, 6.45) is 2.74. The summed E-state index contributed by atoms with van der Waals surface area (Å²) in [4.78, 5) is 36.4. The minimum atomic E-state index is -0.162. The van der Waals surface area contributed by atoms with Crippen molar-refractivity contribution in [2.45, 2.75) is 72.8 Å². The van der Waals surface area contributed by atoms with E-state index in [-0.39, 0.29) is 55.0 Å². The van der Waals surface area contributed by atoms with Gasteiger partial charge in [-0.25, -0.2) is 0 Å². The van der Waals surface area contributed by atoms with Crippen LogP contribution in [-0.2, 0) is 14.4 Å². The van der Waals surface area contributed by atoms with Gasteiger partial charge in [-0.15, -0.1) is 0 Å². The summed E-state index contributed by atoms with van der Waals surface area (Å²) in [5, 5.41) is 3.08. The molecule has 1 N–H and O–H groups in total. The molecule has 5 heteroatoms. The van der Waals surface area contributed by atoms with Crippen LogP contribution in [0.25, 0.3) is 0 Å². The zero-order valence-corrected chi connectivity index (χ0v) is 14.6. The Labute approximate surface area is 133 Å². The van der Waals surface area contributed by atoms with Crippen LogP contribution in [0.4, 0.5) is 0 Å². The number of hydrogen-bond donors (Lipinski definition) is 1. The molecule has 1 aliphatic rings. The molecule has 0 radical (unpaired) electrons. The molecule has 0 spiro atoms. The highest BCUT2D eigenvalue weighted by molar-refractivity contribution is 6.02. The van der Waals surface area contributed by atoms with Crippen LogP contribution in [-0.4, -0.2) is 35.2 Å². The maximum atomic E-state index is 12.2. The topological polar surface area (TPSA) is 66.5 Å². The van der Waals surface area contributed by atoms with Crippen molar-refractivity contribution in [1.82, 2.24) is 10.2 Å². The van der Waals surface area contributed by atoms with Crippen LogP contribution in [0, 0.1) is 11.3 Å². The van der Waals surface area contributed by atoms with Crippen LogP contribution < -0.4 is 5.32 Å². The van der Waals surface area contributed by atoms with E-state index < -0.39 is 0 Å². The number of rotatable bonds is 7. The summed E-state index contributed by atoms with van der Waals surface area (Å²) >= 11 is 0. The van der Waals surface area contributed by atoms with Gasteiger partial charge in [0.2, 0.25) is 17.7 Å². The van der Waals surface area contributed by atoms with Crippen LogP contribution in [0.2, 0.25) is 0 Å². The molecule has 0 unspecified atom stereocenters. The van der Waals surface area contributed by atoms with Gasteiger partial charge in [-0.05, 0) is 24.2 Å². The molecule has 0 aromatic heterocycles. The van der Waals surface area contributed by atoms with Gasteiger partial charge in [0.1, 0.15) is 0 Å². The van der Waals surface area contributed by atoms with E-state index in [0.717, 1.165) is 12.8 Å². The summed E-state index contributed by atoms with van der Waals surface area (Å²) in [6, 6.07) is 0.104. The molecular formula is C17H30N2O3. The number of nitrogens with zero attached hydrogens (tertiary/aromatic N) is 1. The molecule has 0 aromatic rings. The van der Waals surface area contributed by atoms with Gasteiger partial charge in [-0.2, -0.15) is 0 Å². The molecule has 1 saturated heterocycles. The fourth-order valence-electron chi connectivity index (χ4n) is 2.57. The fourth-order valence-corrected chi connectivity index (χ4v) is 2.57. The van der Waals surface area contributed by atoms with Crippen LogP contribution in [0.3, 0.4) is 0 Å². The summed E-state index contributed by atoms with van der Waals surface area (Å²) in [6.45, 7) is 10.9. The zero-order chi connectivity index (χ0) is 16.9. The van der Waals surface area contributed by atoms with Gasteiger partial charge in [0.15, 0.2) is 0 Å². The number of hydrogen-bond acceptors (Lipinski definition) is 3. The molecule has 1 rings (SSSR count). The van der Waals surface area contributed by atoms with E-state index in [1.165, 1.54) is 4.90 Å². The lowest BCUT2D eigenvalue weighted by Gasteiger charge is -2.32. The predicted molar refractivity (Wildman–Crippen MR) is 86.0 cm³/mol. The van der Waals surface area contributed by atoms with Crippen LogP contribution in [0.5, 0.6) is 0 Å². The smallest absolute Gasteiger partial charge is 0.229 e. The zero-order valence-electron chi connectivity index (χ0n) is 14.6. The molecule has 3 amide bonds. The molecule has 1 atom stereocenters. The molecular weight excluding hydrogens is 280 g/mol. The molecule has 0 saturated carbocycles. The summed E-state index contributed by atoms with van der Waals surface area (Å²) < 4.78 is 0. The SMILES string of the molecule is CC(C)CC[C@@H](NC(=O)CCN1C(=O)CCC1=O)C(C)(C)C. The van der Waals surface area contributed by atoms with Crippen molar-refractivity contribution in [3.8, 4) is 0 Å². The monoisotopic (exact) mass is 310 g/mol. The summed E-state index contributed by atoms with van der Waals surface area (Å²) in [7, 11) is 0. The van der Waals surface area contributed by atoms with Crippen LogP contribution in [0.15, 0.2) is 0 Å². The maximum Gasteiger partial charge on any atom is 0.229 e. The first kappa shape index (κ1) is 18.7. The first-order valence-corrected chi connectivity index (χ1v) is 8.24. The molecule has 126 valence electrons. The minimum Gasteiger partial charge on any atom is -0.353 e. The maximum absolute atomic E-state index is 12.2. The predicted octanol–water partition coefficient (Wildman–Crippen LogP) is 2.49. The standard InChI is InChI=1S/C17H30N2O3/c1-12(2)6-7-13(17(3,4)5)18-14(20)10-11-19-15(21)8-9-16(19)22/h12-13H,6-11H2,1-5H3,(H,18,20)/t13-/m1/s1. The lowest BCUT2D eigenvalue weighted by molar-refractivity contribution is -0.138. The third kappa shape index (κ3) is 5.78. The third-order valence-electron chi connectivity index (χ3n) is 4.13. The third-order valence-corrected chi connectivity index (χ3v) is 4.13. The number of likely N-dealkylation sites (tertiary alicyclic amines) is 1.